The lowest BCUT2D eigenvalue weighted by Gasteiger charge is -2.31. The highest BCUT2D eigenvalue weighted by Crippen LogP contribution is 2.21. The van der Waals surface area contributed by atoms with Crippen molar-refractivity contribution in [1.29, 1.82) is 0 Å². The molecule has 1 aliphatic rings. The minimum absolute atomic E-state index is 0.0245. The molecule has 2 aromatic rings. The van der Waals surface area contributed by atoms with Crippen LogP contribution in [-0.2, 0) is 21.9 Å². The summed E-state index contributed by atoms with van der Waals surface area (Å²) < 4.78 is 5.35. The van der Waals surface area contributed by atoms with E-state index in [9.17, 15) is 9.59 Å². The first-order valence-electron chi connectivity index (χ1n) is 12.2. The molecule has 1 saturated carbocycles. The van der Waals surface area contributed by atoms with Crippen molar-refractivity contribution in [2.24, 2.45) is 0 Å². The van der Waals surface area contributed by atoms with Gasteiger partial charge in [-0.15, -0.1) is 11.8 Å². The summed E-state index contributed by atoms with van der Waals surface area (Å²) in [6.07, 6.45) is 5.59. The van der Waals surface area contributed by atoms with Gasteiger partial charge >= 0.3 is 0 Å². The summed E-state index contributed by atoms with van der Waals surface area (Å²) in [6, 6.07) is 13.9. The van der Waals surface area contributed by atoms with Crippen molar-refractivity contribution in [1.82, 2.24) is 10.2 Å². The summed E-state index contributed by atoms with van der Waals surface area (Å²) in [5.41, 5.74) is 4.63. The van der Waals surface area contributed by atoms with Gasteiger partial charge in [-0.3, -0.25) is 9.59 Å². The van der Waals surface area contributed by atoms with E-state index in [2.05, 4.69) is 37.4 Å². The van der Waals surface area contributed by atoms with Crippen LogP contribution in [0.3, 0.4) is 0 Å². The van der Waals surface area contributed by atoms with Crippen molar-refractivity contribution in [2.45, 2.75) is 77.3 Å². The van der Waals surface area contributed by atoms with Gasteiger partial charge in [0, 0.05) is 18.3 Å². The minimum Gasteiger partial charge on any atom is -0.497 e. The summed E-state index contributed by atoms with van der Waals surface area (Å²) in [5, 5.41) is 3.19. The van der Waals surface area contributed by atoms with Crippen LogP contribution in [0.25, 0.3) is 0 Å². The largest absolute Gasteiger partial charge is 0.497 e. The standard InChI is InChI=1S/C28H38N2O3S/c1-20-13-21(2)15-24(14-20)18-34-19-27(31)30(17-23-9-8-12-26(16-23)33-4)22(3)28(32)29-25-10-6-5-7-11-25/h8-9,12-16,22,25H,5-7,10-11,17-19H2,1-4H3,(H,29,32)/t22-/m0/s1. The van der Waals surface area contributed by atoms with E-state index in [0.717, 1.165) is 42.7 Å². The molecular formula is C28H38N2O3S. The van der Waals surface area contributed by atoms with Crippen molar-refractivity contribution < 1.29 is 14.3 Å². The number of carbonyl (C=O) groups is 2. The number of methoxy groups -OCH3 is 1. The Morgan fingerprint density at radius 2 is 1.76 bits per heavy atom. The van der Waals surface area contributed by atoms with Crippen molar-refractivity contribution in [3.8, 4) is 5.75 Å². The quantitative estimate of drug-likeness (QED) is 0.492. The molecule has 0 aromatic heterocycles. The van der Waals surface area contributed by atoms with Crippen LogP contribution < -0.4 is 10.1 Å². The SMILES string of the molecule is COc1cccc(CN(C(=O)CSCc2cc(C)cc(C)c2)[C@@H](C)C(=O)NC2CCCCC2)c1. The van der Waals surface area contributed by atoms with Gasteiger partial charge in [0.25, 0.3) is 0 Å². The second-order valence-electron chi connectivity index (χ2n) is 9.38. The second-order valence-corrected chi connectivity index (χ2v) is 10.4. The summed E-state index contributed by atoms with van der Waals surface area (Å²) in [5.74, 6) is 1.75. The first kappa shape index (κ1) is 26.1. The fourth-order valence-corrected chi connectivity index (χ4v) is 5.46. The van der Waals surface area contributed by atoms with Crippen molar-refractivity contribution in [3.63, 3.8) is 0 Å². The number of nitrogens with one attached hydrogen (secondary N) is 1. The molecule has 3 rings (SSSR count). The highest BCUT2D eigenvalue weighted by molar-refractivity contribution is 7.99. The van der Waals surface area contributed by atoms with Crippen LogP contribution in [0.1, 0.15) is 61.3 Å². The van der Waals surface area contributed by atoms with E-state index in [-0.39, 0.29) is 17.9 Å². The maximum Gasteiger partial charge on any atom is 0.242 e. The molecule has 5 nitrogen and oxygen atoms in total. The normalized spacial score (nSPS) is 14.9. The molecule has 184 valence electrons. The number of nitrogens with zero attached hydrogens (tertiary/aromatic N) is 1. The average Bonchev–Trinajstić information content (AvgIpc) is 2.82. The predicted molar refractivity (Wildman–Crippen MR) is 140 cm³/mol. The third-order valence-corrected chi connectivity index (χ3v) is 7.37. The zero-order valence-corrected chi connectivity index (χ0v) is 21.7. The van der Waals surface area contributed by atoms with Crippen LogP contribution in [-0.4, -0.2) is 41.7 Å². The first-order chi connectivity index (χ1) is 16.4. The molecule has 0 unspecified atom stereocenters. The Morgan fingerprint density at radius 1 is 1.06 bits per heavy atom. The number of thioether (sulfide) groups is 1. The minimum atomic E-state index is -0.539. The lowest BCUT2D eigenvalue weighted by atomic mass is 9.95. The predicted octanol–water partition coefficient (Wildman–Crippen LogP) is 5.41. The van der Waals surface area contributed by atoms with Crippen LogP contribution in [0.4, 0.5) is 0 Å². The fraction of sp³-hybridized carbons (Fsp3) is 0.500. The molecule has 0 saturated heterocycles. The molecule has 1 aliphatic carbocycles. The molecule has 0 radical (unpaired) electrons. The zero-order chi connectivity index (χ0) is 24.5. The van der Waals surface area contributed by atoms with E-state index in [1.165, 1.54) is 23.1 Å². The average molecular weight is 483 g/mol. The van der Waals surface area contributed by atoms with Gasteiger partial charge in [0.1, 0.15) is 11.8 Å². The maximum atomic E-state index is 13.4. The van der Waals surface area contributed by atoms with E-state index in [1.54, 1.807) is 23.8 Å². The van der Waals surface area contributed by atoms with Gasteiger partial charge in [-0.1, -0.05) is 60.7 Å². The summed E-state index contributed by atoms with van der Waals surface area (Å²) in [4.78, 5) is 28.2. The molecule has 1 N–H and O–H groups in total. The van der Waals surface area contributed by atoms with Crippen LogP contribution in [0.15, 0.2) is 42.5 Å². The maximum absolute atomic E-state index is 13.4. The number of hydrogen-bond acceptors (Lipinski definition) is 4. The molecule has 34 heavy (non-hydrogen) atoms. The Hall–Kier alpha value is -2.47. The number of amides is 2. The Bertz CT molecular complexity index is 952. The van der Waals surface area contributed by atoms with Crippen molar-refractivity contribution in [2.75, 3.05) is 12.9 Å². The lowest BCUT2D eigenvalue weighted by molar-refractivity contribution is -0.139. The van der Waals surface area contributed by atoms with Gasteiger partial charge in [-0.2, -0.15) is 0 Å². The Morgan fingerprint density at radius 3 is 2.44 bits per heavy atom. The Labute approximate surface area is 208 Å². The van der Waals surface area contributed by atoms with Crippen LogP contribution >= 0.6 is 11.8 Å². The van der Waals surface area contributed by atoms with Crippen molar-refractivity contribution >= 4 is 23.6 Å². The van der Waals surface area contributed by atoms with Crippen molar-refractivity contribution in [3.05, 3.63) is 64.7 Å². The van der Waals surface area contributed by atoms with E-state index >= 15 is 0 Å². The summed E-state index contributed by atoms with van der Waals surface area (Å²) in [7, 11) is 1.63. The molecule has 0 bridgehead atoms. The lowest BCUT2D eigenvalue weighted by Crippen LogP contribution is -2.50. The number of hydrogen-bond donors (Lipinski definition) is 1. The Kier molecular flexibility index (Phi) is 9.87. The highest BCUT2D eigenvalue weighted by atomic mass is 32.2. The van der Waals surface area contributed by atoms with Gasteiger partial charge in [0.05, 0.1) is 12.9 Å². The van der Waals surface area contributed by atoms with E-state index in [1.807, 2.05) is 31.2 Å². The van der Waals surface area contributed by atoms with E-state index in [4.69, 9.17) is 4.74 Å². The second kappa shape index (κ2) is 12.8. The van der Waals surface area contributed by atoms with E-state index < -0.39 is 6.04 Å². The first-order valence-corrected chi connectivity index (χ1v) is 13.4. The number of aryl methyl sites for hydroxylation is 2. The third-order valence-electron chi connectivity index (χ3n) is 6.38. The number of rotatable bonds is 10. The van der Waals surface area contributed by atoms with Crippen LogP contribution in [0, 0.1) is 13.8 Å². The summed E-state index contributed by atoms with van der Waals surface area (Å²) >= 11 is 1.60. The van der Waals surface area contributed by atoms with Gasteiger partial charge in [0.2, 0.25) is 11.8 Å². The van der Waals surface area contributed by atoms with Gasteiger partial charge in [-0.25, -0.2) is 0 Å². The molecule has 1 fully saturated rings. The highest BCUT2D eigenvalue weighted by Gasteiger charge is 2.28. The monoisotopic (exact) mass is 482 g/mol. The van der Waals surface area contributed by atoms with Gasteiger partial charge in [0.15, 0.2) is 0 Å². The topological polar surface area (TPSA) is 58.6 Å². The number of benzene rings is 2. The van der Waals surface area contributed by atoms with Crippen LogP contribution in [0.2, 0.25) is 0 Å². The summed E-state index contributed by atoms with van der Waals surface area (Å²) in [6.45, 7) is 6.40. The molecule has 6 heteroatoms. The zero-order valence-electron chi connectivity index (χ0n) is 20.9. The molecule has 0 spiro atoms. The molecule has 2 amide bonds. The van der Waals surface area contributed by atoms with Crippen LogP contribution in [0.5, 0.6) is 5.75 Å². The fourth-order valence-electron chi connectivity index (χ4n) is 4.61. The molecule has 1 atom stereocenters. The molecule has 0 aliphatic heterocycles. The Balaban J connectivity index is 1.68. The van der Waals surface area contributed by atoms with Gasteiger partial charge < -0.3 is 15.0 Å². The number of ether oxygens (including phenoxy) is 1. The third kappa shape index (κ3) is 7.79. The van der Waals surface area contributed by atoms with Gasteiger partial charge in [-0.05, 0) is 56.9 Å². The molecule has 2 aromatic carbocycles. The smallest absolute Gasteiger partial charge is 0.242 e. The molecular weight excluding hydrogens is 444 g/mol. The molecule has 0 heterocycles. The number of carbonyl (C=O) groups excluding carboxylic acids is 2. The van der Waals surface area contributed by atoms with E-state index in [0.29, 0.717) is 12.3 Å².